The van der Waals surface area contributed by atoms with Gasteiger partial charge in [-0.3, -0.25) is 4.90 Å². The van der Waals surface area contributed by atoms with Gasteiger partial charge < -0.3 is 9.30 Å². The smallest absolute Gasteiger partial charge is 0.277 e. The van der Waals surface area contributed by atoms with Crippen molar-refractivity contribution in [3.05, 3.63) is 45.7 Å². The fraction of sp³-hybridized carbons (Fsp3) is 0.625. The van der Waals surface area contributed by atoms with E-state index in [1.54, 1.807) is 13.2 Å². The van der Waals surface area contributed by atoms with Crippen LogP contribution in [-0.4, -0.2) is 74.5 Å². The number of hydrogen-bond donors (Lipinski definition) is 0. The molecule has 3 aliphatic rings. The van der Waals surface area contributed by atoms with E-state index in [1.807, 2.05) is 22.2 Å². The van der Waals surface area contributed by atoms with E-state index in [0.717, 1.165) is 51.1 Å². The van der Waals surface area contributed by atoms with E-state index in [4.69, 9.17) is 4.74 Å². The molecule has 0 aliphatic carbocycles. The average Bonchev–Trinajstić information content (AvgIpc) is 3.55. The molecule has 0 amide bonds. The summed E-state index contributed by atoms with van der Waals surface area (Å²) in [6, 6.07) is 2.74. The van der Waals surface area contributed by atoms with Crippen molar-refractivity contribution in [2.45, 2.75) is 68.9 Å². The molecule has 0 unspecified atom stereocenters. The van der Waals surface area contributed by atoms with Crippen molar-refractivity contribution >= 4 is 21.4 Å². The summed E-state index contributed by atoms with van der Waals surface area (Å²) in [5, 5.41) is 8.80. The second kappa shape index (κ2) is 9.02. The highest BCUT2D eigenvalue weighted by molar-refractivity contribution is 7.89. The van der Waals surface area contributed by atoms with Gasteiger partial charge in [-0.05, 0) is 37.8 Å². The Bertz CT molecular complexity index is 1360. The lowest BCUT2D eigenvalue weighted by atomic mass is 9.79. The molecule has 3 aromatic rings. The van der Waals surface area contributed by atoms with Crippen LogP contribution in [0, 0.1) is 0 Å². The molecule has 0 bridgehead atoms. The van der Waals surface area contributed by atoms with Gasteiger partial charge in [-0.2, -0.15) is 4.31 Å². The van der Waals surface area contributed by atoms with Crippen LogP contribution in [0.15, 0.2) is 29.8 Å². The Morgan fingerprint density at radius 2 is 2.14 bits per heavy atom. The number of hydrogen-bond acceptors (Lipinski definition) is 8. The molecule has 12 heteroatoms. The molecule has 1 spiro atoms. The summed E-state index contributed by atoms with van der Waals surface area (Å²) in [6.45, 7) is 7.75. The summed E-state index contributed by atoms with van der Waals surface area (Å²) in [4.78, 5) is 9.43. The van der Waals surface area contributed by atoms with Crippen LogP contribution in [0.3, 0.4) is 0 Å². The van der Waals surface area contributed by atoms with Gasteiger partial charge in [-0.25, -0.2) is 18.1 Å². The molecule has 3 aliphatic heterocycles. The Hall–Kier alpha value is -2.12. The van der Waals surface area contributed by atoms with E-state index in [1.165, 1.54) is 30.4 Å². The first-order chi connectivity index (χ1) is 17.3. The number of rotatable bonds is 6. The molecule has 6 heterocycles. The Morgan fingerprint density at radius 3 is 2.86 bits per heavy atom. The van der Waals surface area contributed by atoms with Crippen LogP contribution in [-0.2, 0) is 46.8 Å². The number of aryl methyl sites for hydroxylation is 2. The summed E-state index contributed by atoms with van der Waals surface area (Å²) in [7, 11) is -1.90. The largest absolute Gasteiger partial charge is 0.370 e. The molecule has 0 radical (unpaired) electrons. The molecule has 0 aromatic carbocycles. The SMILES string of the molecule is CCc1cc2c(s1)CCO[C@@]21CCN(Cc2cn(C3CN(S(=O)(=O)c4nccn4C)C3)nn2)[C@@H](C)C1. The van der Waals surface area contributed by atoms with Gasteiger partial charge in [0.25, 0.3) is 10.0 Å². The van der Waals surface area contributed by atoms with Crippen LogP contribution < -0.4 is 0 Å². The Balaban J connectivity index is 1.08. The van der Waals surface area contributed by atoms with E-state index in [9.17, 15) is 8.42 Å². The van der Waals surface area contributed by atoms with Gasteiger partial charge in [0.15, 0.2) is 0 Å². The fourth-order valence-electron chi connectivity index (χ4n) is 5.78. The van der Waals surface area contributed by atoms with Crippen molar-refractivity contribution in [3.8, 4) is 0 Å². The molecule has 2 atom stereocenters. The number of piperidine rings is 1. The van der Waals surface area contributed by atoms with Gasteiger partial charge in [0.05, 0.1) is 30.1 Å². The van der Waals surface area contributed by atoms with Gasteiger partial charge in [0.1, 0.15) is 0 Å². The number of aromatic nitrogens is 5. The molecule has 10 nitrogen and oxygen atoms in total. The lowest BCUT2D eigenvalue weighted by Gasteiger charge is -2.47. The molecule has 2 fully saturated rings. The number of fused-ring (bicyclic) bond motifs is 2. The fourth-order valence-corrected chi connectivity index (χ4v) is 8.54. The minimum Gasteiger partial charge on any atom is -0.370 e. The predicted molar refractivity (Wildman–Crippen MR) is 135 cm³/mol. The van der Waals surface area contributed by atoms with Gasteiger partial charge >= 0.3 is 0 Å². The maximum absolute atomic E-state index is 12.8. The van der Waals surface area contributed by atoms with Crippen LogP contribution >= 0.6 is 11.3 Å². The quantitative estimate of drug-likeness (QED) is 0.482. The highest BCUT2D eigenvalue weighted by Gasteiger charge is 2.45. The first-order valence-electron chi connectivity index (χ1n) is 12.7. The normalized spacial score (nSPS) is 25.8. The summed E-state index contributed by atoms with van der Waals surface area (Å²) >= 11 is 1.96. The number of ether oxygens (including phenoxy) is 1. The summed E-state index contributed by atoms with van der Waals surface area (Å²) in [5.41, 5.74) is 2.19. The Kier molecular flexibility index (Phi) is 6.07. The molecule has 194 valence electrons. The minimum absolute atomic E-state index is 0.0104. The van der Waals surface area contributed by atoms with Crippen LogP contribution in [0.25, 0.3) is 0 Å². The highest BCUT2D eigenvalue weighted by Crippen LogP contribution is 2.46. The molecular weight excluding hydrogens is 498 g/mol. The van der Waals surface area contributed by atoms with Crippen molar-refractivity contribution in [3.63, 3.8) is 0 Å². The van der Waals surface area contributed by atoms with Crippen LogP contribution in [0.4, 0.5) is 0 Å². The molecule has 3 aromatic heterocycles. The molecule has 0 saturated carbocycles. The van der Waals surface area contributed by atoms with Crippen LogP contribution in [0.5, 0.6) is 0 Å². The molecule has 2 saturated heterocycles. The third-order valence-electron chi connectivity index (χ3n) is 7.93. The summed E-state index contributed by atoms with van der Waals surface area (Å²) in [6.07, 6.45) is 9.19. The van der Waals surface area contributed by atoms with Crippen molar-refractivity contribution < 1.29 is 13.2 Å². The first kappa shape index (κ1) is 24.2. The van der Waals surface area contributed by atoms with E-state index in [0.29, 0.717) is 19.1 Å². The second-order valence-corrected chi connectivity index (χ2v) is 13.3. The van der Waals surface area contributed by atoms with Crippen molar-refractivity contribution in [2.75, 3.05) is 26.2 Å². The van der Waals surface area contributed by atoms with Gasteiger partial charge in [-0.15, -0.1) is 16.4 Å². The monoisotopic (exact) mass is 531 g/mol. The van der Waals surface area contributed by atoms with E-state index in [-0.39, 0.29) is 16.8 Å². The van der Waals surface area contributed by atoms with Crippen molar-refractivity contribution in [1.82, 2.24) is 33.8 Å². The third-order valence-corrected chi connectivity index (χ3v) is 11.1. The number of likely N-dealkylation sites (tertiary alicyclic amines) is 1. The maximum Gasteiger partial charge on any atom is 0.277 e. The Morgan fingerprint density at radius 1 is 1.31 bits per heavy atom. The summed E-state index contributed by atoms with van der Waals surface area (Å²) in [5.74, 6) is 0. The number of sulfonamides is 1. The molecule has 6 rings (SSSR count). The van der Waals surface area contributed by atoms with E-state index in [2.05, 4.69) is 40.1 Å². The van der Waals surface area contributed by atoms with E-state index >= 15 is 0 Å². The Labute approximate surface area is 215 Å². The maximum atomic E-state index is 12.8. The van der Waals surface area contributed by atoms with Gasteiger partial charge in [-0.1, -0.05) is 12.1 Å². The standard InChI is InChI=1S/C24H33N7O3S2/c1-4-20-11-21-22(35-20)5-10-34-24(21)6-8-29(17(2)12-24)13-18-14-31(27-26-18)19-15-30(16-19)36(32,33)23-25-7-9-28(23)3/h7,9,11,14,17,19H,4-6,8,10,12-13,15-16H2,1-3H3/t17-,24+/m0/s1. The molecule has 0 N–H and O–H groups in total. The number of nitrogens with zero attached hydrogens (tertiary/aromatic N) is 7. The topological polar surface area (TPSA) is 98.4 Å². The van der Waals surface area contributed by atoms with Gasteiger partial charge in [0, 0.05) is 67.8 Å². The first-order valence-corrected chi connectivity index (χ1v) is 14.9. The summed E-state index contributed by atoms with van der Waals surface area (Å²) < 4.78 is 36.8. The van der Waals surface area contributed by atoms with Crippen LogP contribution in [0.2, 0.25) is 0 Å². The zero-order valence-electron chi connectivity index (χ0n) is 21.0. The average molecular weight is 532 g/mol. The van der Waals surface area contributed by atoms with E-state index < -0.39 is 10.0 Å². The molecular formula is C24H33N7O3S2. The lowest BCUT2D eigenvalue weighted by molar-refractivity contribution is -0.112. The zero-order valence-corrected chi connectivity index (χ0v) is 22.6. The predicted octanol–water partition coefficient (Wildman–Crippen LogP) is 2.33. The lowest BCUT2D eigenvalue weighted by Crippen LogP contribution is -2.51. The molecule has 36 heavy (non-hydrogen) atoms. The zero-order chi connectivity index (χ0) is 25.1. The van der Waals surface area contributed by atoms with Crippen molar-refractivity contribution in [1.29, 1.82) is 0 Å². The number of thiophene rings is 1. The minimum atomic E-state index is -3.58. The second-order valence-electron chi connectivity index (χ2n) is 10.3. The third kappa shape index (κ3) is 4.03. The van der Waals surface area contributed by atoms with Crippen molar-refractivity contribution in [2.24, 2.45) is 7.05 Å². The highest BCUT2D eigenvalue weighted by atomic mass is 32.2. The van der Waals surface area contributed by atoms with Gasteiger partial charge in [0.2, 0.25) is 5.16 Å². The number of imidazole rings is 1. The van der Waals surface area contributed by atoms with Crippen LogP contribution in [0.1, 0.15) is 53.7 Å².